The lowest BCUT2D eigenvalue weighted by Crippen LogP contribution is -2.12. The van der Waals surface area contributed by atoms with Crippen molar-refractivity contribution >= 4 is 22.5 Å². The first-order valence-corrected chi connectivity index (χ1v) is 6.68. The second-order valence-electron chi connectivity index (χ2n) is 4.75. The summed E-state index contributed by atoms with van der Waals surface area (Å²) in [6.07, 6.45) is 0. The number of fused-ring (bicyclic) bond motifs is 1. The second kappa shape index (κ2) is 5.62. The lowest BCUT2D eigenvalue weighted by atomic mass is 10.2. The Hall–Kier alpha value is -3.26. The first kappa shape index (κ1) is 13.7. The number of hydrogen-bond acceptors (Lipinski definition) is 3. The Balaban J connectivity index is 1.87. The molecule has 0 radical (unpaired) electrons. The van der Waals surface area contributed by atoms with Gasteiger partial charge in [0.15, 0.2) is 0 Å². The number of anilines is 1. The monoisotopic (exact) mass is 291 g/mol. The number of rotatable bonds is 3. The average molecular weight is 291 g/mol. The Morgan fingerprint density at radius 2 is 2.00 bits per heavy atom. The lowest BCUT2D eigenvalue weighted by molar-refractivity contribution is 0.102. The number of nitrogens with one attached hydrogen (secondary N) is 2. The molecule has 108 valence electrons. The molecule has 0 aliphatic heterocycles. The van der Waals surface area contributed by atoms with Crippen LogP contribution in [0.2, 0.25) is 0 Å². The summed E-state index contributed by atoms with van der Waals surface area (Å²) in [6.45, 7) is 0. The normalized spacial score (nSPS) is 10.2. The topological polar surface area (TPSA) is 77.9 Å². The number of benzene rings is 2. The zero-order valence-electron chi connectivity index (χ0n) is 11.9. The molecule has 0 aliphatic carbocycles. The van der Waals surface area contributed by atoms with Crippen molar-refractivity contribution in [2.24, 2.45) is 0 Å². The number of H-pyrrole nitrogens is 1. The molecule has 5 heteroatoms. The van der Waals surface area contributed by atoms with Crippen molar-refractivity contribution in [1.29, 1.82) is 5.26 Å². The van der Waals surface area contributed by atoms with Gasteiger partial charge in [-0.05, 0) is 36.4 Å². The van der Waals surface area contributed by atoms with Crippen LogP contribution < -0.4 is 10.1 Å². The average Bonchev–Trinajstić information content (AvgIpc) is 2.99. The molecule has 1 aromatic heterocycles. The molecule has 5 nitrogen and oxygen atoms in total. The molecular weight excluding hydrogens is 278 g/mol. The van der Waals surface area contributed by atoms with E-state index >= 15 is 0 Å². The van der Waals surface area contributed by atoms with Gasteiger partial charge in [0.05, 0.1) is 24.3 Å². The Kier molecular flexibility index (Phi) is 3.50. The predicted molar refractivity (Wildman–Crippen MR) is 84.0 cm³/mol. The summed E-state index contributed by atoms with van der Waals surface area (Å²) < 4.78 is 5.27. The zero-order chi connectivity index (χ0) is 15.5. The van der Waals surface area contributed by atoms with E-state index in [1.54, 1.807) is 37.4 Å². The van der Waals surface area contributed by atoms with E-state index in [9.17, 15) is 4.79 Å². The van der Waals surface area contributed by atoms with Gasteiger partial charge in [-0.15, -0.1) is 0 Å². The number of methoxy groups -OCH3 is 1. The van der Waals surface area contributed by atoms with Gasteiger partial charge in [0.25, 0.3) is 5.91 Å². The van der Waals surface area contributed by atoms with Gasteiger partial charge in [-0.3, -0.25) is 4.79 Å². The highest BCUT2D eigenvalue weighted by atomic mass is 16.5. The molecular formula is C17H13N3O2. The van der Waals surface area contributed by atoms with Gasteiger partial charge < -0.3 is 15.0 Å². The number of aromatic amines is 1. The minimum atomic E-state index is -0.247. The maximum Gasteiger partial charge on any atom is 0.272 e. The van der Waals surface area contributed by atoms with Gasteiger partial charge in [-0.1, -0.05) is 12.1 Å². The molecule has 3 aromatic rings. The highest BCUT2D eigenvalue weighted by Gasteiger charge is 2.12. The van der Waals surface area contributed by atoms with Crippen LogP contribution in [0.3, 0.4) is 0 Å². The van der Waals surface area contributed by atoms with Crippen molar-refractivity contribution in [2.45, 2.75) is 0 Å². The number of hydrogen-bond donors (Lipinski definition) is 2. The van der Waals surface area contributed by atoms with Gasteiger partial charge in [-0.2, -0.15) is 5.26 Å². The fraction of sp³-hybridized carbons (Fsp3) is 0.0588. The lowest BCUT2D eigenvalue weighted by Gasteiger charge is -2.03. The van der Waals surface area contributed by atoms with Crippen LogP contribution in [-0.2, 0) is 0 Å². The van der Waals surface area contributed by atoms with Crippen LogP contribution >= 0.6 is 0 Å². The SMILES string of the molecule is COc1cccc2cc(C(=O)Nc3ccc(C#N)cc3)[nH]c12. The molecule has 0 atom stereocenters. The minimum Gasteiger partial charge on any atom is -0.495 e. The summed E-state index contributed by atoms with van der Waals surface area (Å²) in [4.78, 5) is 15.4. The van der Waals surface area contributed by atoms with E-state index in [2.05, 4.69) is 10.3 Å². The van der Waals surface area contributed by atoms with Crippen LogP contribution in [0.4, 0.5) is 5.69 Å². The quantitative estimate of drug-likeness (QED) is 0.777. The van der Waals surface area contributed by atoms with E-state index in [4.69, 9.17) is 10.00 Å². The molecule has 1 heterocycles. The van der Waals surface area contributed by atoms with Crippen LogP contribution in [0.15, 0.2) is 48.5 Å². The molecule has 2 aromatic carbocycles. The van der Waals surface area contributed by atoms with Crippen molar-refractivity contribution in [2.75, 3.05) is 12.4 Å². The number of nitrogens with zero attached hydrogens (tertiary/aromatic N) is 1. The summed E-state index contributed by atoms with van der Waals surface area (Å²) in [5.74, 6) is 0.442. The third kappa shape index (κ3) is 2.50. The molecule has 0 fully saturated rings. The Bertz CT molecular complexity index is 873. The number of amides is 1. The van der Waals surface area contributed by atoms with Gasteiger partial charge >= 0.3 is 0 Å². The zero-order valence-corrected chi connectivity index (χ0v) is 11.9. The maximum absolute atomic E-state index is 12.3. The van der Waals surface area contributed by atoms with Gasteiger partial charge in [0, 0.05) is 11.1 Å². The van der Waals surface area contributed by atoms with Gasteiger partial charge in [0.2, 0.25) is 0 Å². The molecule has 0 saturated carbocycles. The van der Waals surface area contributed by atoms with E-state index < -0.39 is 0 Å². The van der Waals surface area contributed by atoms with Gasteiger partial charge in [0.1, 0.15) is 11.4 Å². The fourth-order valence-electron chi connectivity index (χ4n) is 2.25. The molecule has 0 saturated heterocycles. The largest absolute Gasteiger partial charge is 0.495 e. The molecule has 0 spiro atoms. The van der Waals surface area contributed by atoms with Crippen LogP contribution in [0, 0.1) is 11.3 Å². The molecule has 0 bridgehead atoms. The standard InChI is InChI=1S/C17H13N3O2/c1-22-15-4-2-3-12-9-14(20-16(12)15)17(21)19-13-7-5-11(10-18)6-8-13/h2-9,20H,1H3,(H,19,21). The first-order chi connectivity index (χ1) is 10.7. The smallest absolute Gasteiger partial charge is 0.272 e. The van der Waals surface area contributed by atoms with Crippen molar-refractivity contribution in [3.8, 4) is 11.8 Å². The van der Waals surface area contributed by atoms with Crippen molar-refractivity contribution < 1.29 is 9.53 Å². The van der Waals surface area contributed by atoms with Crippen molar-refractivity contribution in [3.63, 3.8) is 0 Å². The molecule has 0 unspecified atom stereocenters. The van der Waals surface area contributed by atoms with E-state index in [0.29, 0.717) is 22.7 Å². The van der Waals surface area contributed by atoms with Crippen LogP contribution in [0.25, 0.3) is 10.9 Å². The third-order valence-corrected chi connectivity index (χ3v) is 3.35. The van der Waals surface area contributed by atoms with Crippen LogP contribution in [-0.4, -0.2) is 18.0 Å². The molecule has 0 aliphatic rings. The van der Waals surface area contributed by atoms with E-state index in [1.165, 1.54) is 0 Å². The summed E-state index contributed by atoms with van der Waals surface area (Å²) in [6, 6.07) is 16.1. The predicted octanol–water partition coefficient (Wildman–Crippen LogP) is 3.30. The Labute approximate surface area is 127 Å². The number of carbonyl (C=O) groups is 1. The minimum absolute atomic E-state index is 0.247. The second-order valence-corrected chi connectivity index (χ2v) is 4.75. The van der Waals surface area contributed by atoms with Crippen LogP contribution in [0.1, 0.15) is 16.1 Å². The van der Waals surface area contributed by atoms with Crippen molar-refractivity contribution in [3.05, 3.63) is 59.8 Å². The highest BCUT2D eigenvalue weighted by molar-refractivity contribution is 6.06. The maximum atomic E-state index is 12.3. The number of para-hydroxylation sites is 1. The van der Waals surface area contributed by atoms with Crippen LogP contribution in [0.5, 0.6) is 5.75 Å². The van der Waals surface area contributed by atoms with Crippen molar-refractivity contribution in [1.82, 2.24) is 4.98 Å². The molecule has 22 heavy (non-hydrogen) atoms. The highest BCUT2D eigenvalue weighted by Crippen LogP contribution is 2.25. The number of aromatic nitrogens is 1. The summed E-state index contributed by atoms with van der Waals surface area (Å²) >= 11 is 0. The summed E-state index contributed by atoms with van der Waals surface area (Å²) in [5.41, 5.74) is 2.42. The summed E-state index contributed by atoms with van der Waals surface area (Å²) in [7, 11) is 1.59. The van der Waals surface area contributed by atoms with Gasteiger partial charge in [-0.25, -0.2) is 0 Å². The molecule has 1 amide bonds. The Morgan fingerprint density at radius 3 is 2.68 bits per heavy atom. The number of nitriles is 1. The number of carbonyl (C=O) groups excluding carboxylic acids is 1. The third-order valence-electron chi connectivity index (χ3n) is 3.35. The fourth-order valence-corrected chi connectivity index (χ4v) is 2.25. The number of ether oxygens (including phenoxy) is 1. The Morgan fingerprint density at radius 1 is 1.23 bits per heavy atom. The molecule has 2 N–H and O–H groups in total. The molecule has 3 rings (SSSR count). The van der Waals surface area contributed by atoms with E-state index in [1.807, 2.05) is 24.3 Å². The van der Waals surface area contributed by atoms with E-state index in [0.717, 1.165) is 10.9 Å². The summed E-state index contributed by atoms with van der Waals surface area (Å²) in [5, 5.41) is 12.5. The first-order valence-electron chi connectivity index (χ1n) is 6.68. The van der Waals surface area contributed by atoms with E-state index in [-0.39, 0.29) is 5.91 Å².